The number of morpholine rings is 1. The van der Waals surface area contributed by atoms with Crippen molar-refractivity contribution in [3.05, 3.63) is 24.0 Å². The van der Waals surface area contributed by atoms with Gasteiger partial charge in [0.2, 0.25) is 5.82 Å². The van der Waals surface area contributed by atoms with Gasteiger partial charge in [-0.2, -0.15) is 4.98 Å². The second-order valence-electron chi connectivity index (χ2n) is 5.39. The van der Waals surface area contributed by atoms with E-state index < -0.39 is 5.82 Å². The predicted molar refractivity (Wildman–Crippen MR) is 82.1 cm³/mol. The van der Waals surface area contributed by atoms with E-state index in [9.17, 15) is 4.39 Å². The molecule has 1 aliphatic rings. The van der Waals surface area contributed by atoms with E-state index in [1.165, 1.54) is 19.2 Å². The molecular weight excluding hydrogens is 303 g/mol. The van der Waals surface area contributed by atoms with Gasteiger partial charge in [-0.05, 0) is 12.1 Å². The van der Waals surface area contributed by atoms with E-state index in [1.807, 2.05) is 11.9 Å². The van der Waals surface area contributed by atoms with E-state index in [1.54, 1.807) is 6.07 Å². The molecule has 0 saturated carbocycles. The summed E-state index contributed by atoms with van der Waals surface area (Å²) in [5.74, 6) is 0.309. The third-order valence-electron chi connectivity index (χ3n) is 3.60. The van der Waals surface area contributed by atoms with Crippen LogP contribution in [-0.2, 0) is 4.74 Å². The largest absolute Gasteiger partial charge is 0.497 e. The quantitative estimate of drug-likeness (QED) is 0.889. The lowest BCUT2D eigenvalue weighted by Gasteiger charge is -2.27. The van der Waals surface area contributed by atoms with Gasteiger partial charge in [-0.3, -0.25) is 0 Å². The normalized spacial score (nSPS) is 18.0. The van der Waals surface area contributed by atoms with Crippen LogP contribution in [0.1, 0.15) is 0 Å². The minimum absolute atomic E-state index is 0.207. The van der Waals surface area contributed by atoms with Gasteiger partial charge in [0, 0.05) is 37.8 Å². The van der Waals surface area contributed by atoms with Crippen LogP contribution in [0.2, 0.25) is 0 Å². The van der Waals surface area contributed by atoms with Crippen LogP contribution in [0.25, 0.3) is 11.4 Å². The minimum Gasteiger partial charge on any atom is -0.497 e. The molecule has 8 heteroatoms. The van der Waals surface area contributed by atoms with Gasteiger partial charge in [-0.25, -0.2) is 4.39 Å². The molecule has 0 bridgehead atoms. The highest BCUT2D eigenvalue weighted by molar-refractivity contribution is 5.58. The van der Waals surface area contributed by atoms with Crippen LogP contribution in [0, 0.1) is 5.82 Å². The number of rotatable bonds is 5. The Morgan fingerprint density at radius 2 is 2.30 bits per heavy atom. The Kier molecular flexibility index (Phi) is 4.73. The van der Waals surface area contributed by atoms with E-state index in [0.29, 0.717) is 36.3 Å². The molecule has 0 spiro atoms. The van der Waals surface area contributed by atoms with Gasteiger partial charge in [0.15, 0.2) is 0 Å². The van der Waals surface area contributed by atoms with Gasteiger partial charge in [-0.1, -0.05) is 5.16 Å². The summed E-state index contributed by atoms with van der Waals surface area (Å²) in [5.41, 5.74) is 0.504. The summed E-state index contributed by atoms with van der Waals surface area (Å²) in [6.45, 7) is 2.88. The van der Waals surface area contributed by atoms with Crippen LogP contribution < -0.4 is 15.0 Å². The minimum atomic E-state index is -0.414. The number of hydrogen-bond acceptors (Lipinski definition) is 7. The number of benzene rings is 1. The van der Waals surface area contributed by atoms with Gasteiger partial charge in [0.25, 0.3) is 0 Å². The first-order valence-electron chi connectivity index (χ1n) is 7.36. The molecule has 0 aliphatic carbocycles. The van der Waals surface area contributed by atoms with E-state index in [2.05, 4.69) is 15.5 Å². The third kappa shape index (κ3) is 3.77. The third-order valence-corrected chi connectivity index (χ3v) is 3.60. The summed E-state index contributed by atoms with van der Waals surface area (Å²) < 4.78 is 29.3. The Hall–Kier alpha value is -2.19. The van der Waals surface area contributed by atoms with Crippen molar-refractivity contribution in [2.45, 2.75) is 6.04 Å². The molecule has 2 heterocycles. The molecule has 7 nitrogen and oxygen atoms in total. The van der Waals surface area contributed by atoms with Crippen LogP contribution >= 0.6 is 0 Å². The molecule has 3 rings (SSSR count). The summed E-state index contributed by atoms with van der Waals surface area (Å²) >= 11 is 0. The zero-order valence-corrected chi connectivity index (χ0v) is 13.1. The standard InChI is InChI=1S/C15H19FN4O3/c1-20(8-12-9-22-4-3-17-12)15-18-14(19-23-15)10-5-11(16)7-13(6-10)21-2/h5-7,12,17H,3-4,8-9H2,1-2H3. The summed E-state index contributed by atoms with van der Waals surface area (Å²) in [6, 6.07) is 4.88. The number of nitrogens with one attached hydrogen (secondary N) is 1. The van der Waals surface area contributed by atoms with Crippen molar-refractivity contribution < 1.29 is 18.4 Å². The maximum absolute atomic E-state index is 13.6. The van der Waals surface area contributed by atoms with Gasteiger partial charge in [-0.15, -0.1) is 0 Å². The second-order valence-corrected chi connectivity index (χ2v) is 5.39. The molecule has 1 aliphatic heterocycles. The number of ether oxygens (including phenoxy) is 2. The lowest BCUT2D eigenvalue weighted by molar-refractivity contribution is 0.0787. The molecular formula is C15H19FN4O3. The van der Waals surface area contributed by atoms with Crippen molar-refractivity contribution in [3.8, 4) is 17.1 Å². The highest BCUT2D eigenvalue weighted by Crippen LogP contribution is 2.25. The number of halogens is 1. The fourth-order valence-corrected chi connectivity index (χ4v) is 2.44. The van der Waals surface area contributed by atoms with E-state index in [4.69, 9.17) is 14.0 Å². The maximum atomic E-state index is 13.6. The van der Waals surface area contributed by atoms with Gasteiger partial charge in [0.05, 0.1) is 20.3 Å². The predicted octanol–water partition coefficient (Wildman–Crippen LogP) is 1.31. The molecule has 2 aromatic rings. The Labute approximate surface area is 133 Å². The molecule has 1 aromatic heterocycles. The molecule has 124 valence electrons. The summed E-state index contributed by atoms with van der Waals surface area (Å²) in [4.78, 5) is 6.17. The van der Waals surface area contributed by atoms with Crippen molar-refractivity contribution in [2.24, 2.45) is 0 Å². The molecule has 1 fully saturated rings. The fraction of sp³-hybridized carbons (Fsp3) is 0.467. The first-order valence-corrected chi connectivity index (χ1v) is 7.36. The monoisotopic (exact) mass is 322 g/mol. The number of methoxy groups -OCH3 is 1. The Bertz CT molecular complexity index is 658. The van der Waals surface area contributed by atoms with Gasteiger partial charge < -0.3 is 24.2 Å². The molecule has 23 heavy (non-hydrogen) atoms. The Morgan fingerprint density at radius 1 is 1.43 bits per heavy atom. The molecule has 0 amide bonds. The molecule has 1 atom stereocenters. The summed E-state index contributed by atoms with van der Waals surface area (Å²) in [5, 5.41) is 7.27. The van der Waals surface area contributed by atoms with Crippen LogP contribution in [0.3, 0.4) is 0 Å². The number of aromatic nitrogens is 2. The van der Waals surface area contributed by atoms with Crippen LogP contribution in [0.15, 0.2) is 22.7 Å². The first-order chi connectivity index (χ1) is 11.2. The van der Waals surface area contributed by atoms with Crippen molar-refractivity contribution in [1.29, 1.82) is 0 Å². The smallest absolute Gasteiger partial charge is 0.324 e. The van der Waals surface area contributed by atoms with Crippen molar-refractivity contribution in [2.75, 3.05) is 45.4 Å². The van der Waals surface area contributed by atoms with Crippen molar-refractivity contribution in [1.82, 2.24) is 15.5 Å². The second kappa shape index (κ2) is 6.93. The number of likely N-dealkylation sites (N-methyl/N-ethyl adjacent to an activating group) is 1. The van der Waals surface area contributed by atoms with Crippen molar-refractivity contribution >= 4 is 6.01 Å². The fourth-order valence-electron chi connectivity index (χ4n) is 2.44. The van der Waals surface area contributed by atoms with Gasteiger partial charge >= 0.3 is 6.01 Å². The lowest BCUT2D eigenvalue weighted by atomic mass is 10.2. The van der Waals surface area contributed by atoms with E-state index in [-0.39, 0.29) is 6.04 Å². The zero-order valence-electron chi connectivity index (χ0n) is 13.1. The van der Waals surface area contributed by atoms with Crippen LogP contribution in [0.5, 0.6) is 5.75 Å². The van der Waals surface area contributed by atoms with E-state index in [0.717, 1.165) is 13.2 Å². The topological polar surface area (TPSA) is 72.7 Å². The zero-order chi connectivity index (χ0) is 16.2. The molecule has 1 aromatic carbocycles. The number of nitrogens with zero attached hydrogens (tertiary/aromatic N) is 3. The lowest BCUT2D eigenvalue weighted by Crippen LogP contribution is -2.47. The number of anilines is 1. The average molecular weight is 322 g/mol. The van der Waals surface area contributed by atoms with Gasteiger partial charge in [0.1, 0.15) is 11.6 Å². The highest BCUT2D eigenvalue weighted by atomic mass is 19.1. The summed E-state index contributed by atoms with van der Waals surface area (Å²) in [6.07, 6.45) is 0. The van der Waals surface area contributed by atoms with Crippen LogP contribution in [0.4, 0.5) is 10.4 Å². The maximum Gasteiger partial charge on any atom is 0.324 e. The van der Waals surface area contributed by atoms with Crippen molar-refractivity contribution in [3.63, 3.8) is 0 Å². The SMILES string of the molecule is COc1cc(F)cc(-c2noc(N(C)CC3COCCN3)n2)c1. The Balaban J connectivity index is 1.73. The molecule has 0 radical (unpaired) electrons. The highest BCUT2D eigenvalue weighted by Gasteiger charge is 2.19. The Morgan fingerprint density at radius 3 is 3.04 bits per heavy atom. The first kappa shape index (κ1) is 15.7. The molecule has 1 unspecified atom stereocenters. The average Bonchev–Trinajstić information content (AvgIpc) is 3.05. The number of hydrogen-bond donors (Lipinski definition) is 1. The molecule has 1 saturated heterocycles. The van der Waals surface area contributed by atoms with Crippen LogP contribution in [-0.4, -0.2) is 56.6 Å². The summed E-state index contributed by atoms with van der Waals surface area (Å²) in [7, 11) is 3.34. The molecule has 1 N–H and O–H groups in total. The van der Waals surface area contributed by atoms with E-state index >= 15 is 0 Å².